The Bertz CT molecular complexity index is 1260. The van der Waals surface area contributed by atoms with E-state index >= 15 is 0 Å². The molecule has 0 fully saturated rings. The van der Waals surface area contributed by atoms with E-state index in [9.17, 15) is 14.0 Å². The van der Waals surface area contributed by atoms with E-state index in [-0.39, 0.29) is 11.7 Å². The summed E-state index contributed by atoms with van der Waals surface area (Å²) in [6, 6.07) is 9.37. The molecule has 1 aliphatic rings. The van der Waals surface area contributed by atoms with Gasteiger partial charge in [-0.2, -0.15) is 4.39 Å². The van der Waals surface area contributed by atoms with Crippen LogP contribution in [0.15, 0.2) is 53.8 Å². The van der Waals surface area contributed by atoms with E-state index in [2.05, 4.69) is 9.98 Å². The lowest BCUT2D eigenvalue weighted by Crippen LogP contribution is -2.30. The lowest BCUT2D eigenvalue weighted by molar-refractivity contribution is -0.126. The van der Waals surface area contributed by atoms with Gasteiger partial charge in [-0.05, 0) is 42.3 Å². The maximum Gasteiger partial charge on any atom is 0.257 e. The first kappa shape index (κ1) is 22.4. The minimum atomic E-state index is -0.773. The Morgan fingerprint density at radius 1 is 1.18 bits per heavy atom. The predicted octanol–water partition coefficient (Wildman–Crippen LogP) is 4.23. The molecule has 0 saturated carbocycles. The van der Waals surface area contributed by atoms with Crippen LogP contribution in [0, 0.1) is 5.95 Å². The Balaban J connectivity index is 1.77. The molecule has 170 valence electrons. The number of aryl methyl sites for hydroxylation is 1. The Hall–Kier alpha value is -3.81. The number of benzene rings is 1. The molecule has 1 aliphatic heterocycles. The number of amidine groups is 1. The third-order valence-corrected chi connectivity index (χ3v) is 5.80. The van der Waals surface area contributed by atoms with E-state index < -0.39 is 12.0 Å². The number of anilines is 1. The fourth-order valence-electron chi connectivity index (χ4n) is 4.06. The molecular formula is C25H26FN5O2. The second kappa shape index (κ2) is 8.97. The van der Waals surface area contributed by atoms with Gasteiger partial charge < -0.3 is 10.3 Å². The third-order valence-electron chi connectivity index (χ3n) is 5.80. The van der Waals surface area contributed by atoms with Gasteiger partial charge >= 0.3 is 0 Å². The number of carbonyl (C=O) groups excluding carboxylic acids is 2. The molecule has 0 spiro atoms. The van der Waals surface area contributed by atoms with Gasteiger partial charge in [-0.1, -0.05) is 19.9 Å². The molecule has 3 heterocycles. The first-order valence-electron chi connectivity index (χ1n) is 10.9. The summed E-state index contributed by atoms with van der Waals surface area (Å²) in [5.41, 5.74) is 9.36. The number of ketones is 1. The molecule has 1 aromatic carbocycles. The summed E-state index contributed by atoms with van der Waals surface area (Å²) in [5, 5.41) is 0. The maximum atomic E-state index is 14.2. The Kier molecular flexibility index (Phi) is 6.09. The average molecular weight is 448 g/mol. The normalized spacial score (nSPS) is 15.8. The molecular weight excluding hydrogens is 421 g/mol. The highest BCUT2D eigenvalue weighted by Crippen LogP contribution is 2.33. The maximum absolute atomic E-state index is 14.2. The number of amides is 1. The number of likely N-dealkylation sites (N-methyl/N-ethyl adjacent to an activating group) is 1. The van der Waals surface area contributed by atoms with Crippen molar-refractivity contribution in [3.63, 3.8) is 0 Å². The monoisotopic (exact) mass is 447 g/mol. The minimum Gasteiger partial charge on any atom is -0.398 e. The summed E-state index contributed by atoms with van der Waals surface area (Å²) < 4.78 is 16.1. The molecule has 2 N–H and O–H groups in total. The predicted molar refractivity (Wildman–Crippen MR) is 125 cm³/mol. The van der Waals surface area contributed by atoms with E-state index in [1.807, 2.05) is 24.6 Å². The number of nitrogen functional groups attached to an aromatic ring is 1. The third kappa shape index (κ3) is 4.04. The fourth-order valence-corrected chi connectivity index (χ4v) is 4.06. The van der Waals surface area contributed by atoms with Crippen molar-refractivity contribution in [1.82, 2.24) is 14.5 Å². The summed E-state index contributed by atoms with van der Waals surface area (Å²) >= 11 is 0. The van der Waals surface area contributed by atoms with Crippen LogP contribution in [0.1, 0.15) is 54.3 Å². The van der Waals surface area contributed by atoms with Gasteiger partial charge in [0.2, 0.25) is 5.95 Å². The van der Waals surface area contributed by atoms with Crippen molar-refractivity contribution in [3.8, 4) is 11.1 Å². The molecule has 2 aromatic heterocycles. The quantitative estimate of drug-likeness (QED) is 0.333. The molecule has 0 aliphatic carbocycles. The zero-order valence-corrected chi connectivity index (χ0v) is 18.9. The molecule has 3 aromatic rings. The lowest BCUT2D eigenvalue weighted by atomic mass is 10.0. The largest absolute Gasteiger partial charge is 0.398 e. The molecule has 0 saturated heterocycles. The van der Waals surface area contributed by atoms with Crippen molar-refractivity contribution >= 4 is 23.2 Å². The van der Waals surface area contributed by atoms with Crippen molar-refractivity contribution in [2.45, 2.75) is 39.3 Å². The highest BCUT2D eigenvalue weighted by Gasteiger charge is 2.36. The van der Waals surface area contributed by atoms with Gasteiger partial charge in [0.25, 0.3) is 5.91 Å². The molecule has 7 nitrogen and oxygen atoms in total. The molecule has 1 amide bonds. The molecule has 1 unspecified atom stereocenters. The summed E-state index contributed by atoms with van der Waals surface area (Å²) in [6.07, 6.45) is 4.46. The lowest BCUT2D eigenvalue weighted by Gasteiger charge is -2.15. The fraction of sp³-hybridized carbons (Fsp3) is 0.280. The van der Waals surface area contributed by atoms with Crippen molar-refractivity contribution in [2.24, 2.45) is 4.99 Å². The van der Waals surface area contributed by atoms with E-state index in [4.69, 9.17) is 5.73 Å². The average Bonchev–Trinajstić information content (AvgIpc) is 3.35. The molecule has 33 heavy (non-hydrogen) atoms. The molecule has 1 atom stereocenters. The second-order valence-electron chi connectivity index (χ2n) is 8.03. The molecule has 4 rings (SSSR count). The smallest absolute Gasteiger partial charge is 0.257 e. The van der Waals surface area contributed by atoms with Gasteiger partial charge in [-0.15, -0.1) is 0 Å². The van der Waals surface area contributed by atoms with E-state index in [1.54, 1.807) is 43.4 Å². The van der Waals surface area contributed by atoms with E-state index in [1.165, 1.54) is 11.1 Å². The van der Waals surface area contributed by atoms with Gasteiger partial charge in [0.05, 0.1) is 5.69 Å². The van der Waals surface area contributed by atoms with Gasteiger partial charge in [-0.25, -0.2) is 9.98 Å². The zero-order chi connectivity index (χ0) is 23.7. The summed E-state index contributed by atoms with van der Waals surface area (Å²) in [6.45, 7) is 4.53. The Labute approximate surface area is 191 Å². The summed E-state index contributed by atoms with van der Waals surface area (Å²) in [7, 11) is 1.64. The van der Waals surface area contributed by atoms with Crippen LogP contribution in [0.5, 0.6) is 0 Å². The highest BCUT2D eigenvalue weighted by molar-refractivity contribution is 6.16. The minimum absolute atomic E-state index is 0.0214. The number of pyridine rings is 1. The van der Waals surface area contributed by atoms with Crippen LogP contribution >= 0.6 is 0 Å². The second-order valence-corrected chi connectivity index (χ2v) is 8.03. The van der Waals surface area contributed by atoms with Crippen LogP contribution in [-0.2, 0) is 11.3 Å². The molecule has 0 radical (unpaired) electrons. The van der Waals surface area contributed by atoms with Crippen molar-refractivity contribution in [1.29, 1.82) is 0 Å². The number of hydrogen-bond donors (Lipinski definition) is 1. The van der Waals surface area contributed by atoms with Crippen molar-refractivity contribution in [2.75, 3.05) is 12.8 Å². The zero-order valence-electron chi connectivity index (χ0n) is 18.9. The molecule has 0 bridgehead atoms. The molecule has 8 heteroatoms. The van der Waals surface area contributed by atoms with Crippen LogP contribution < -0.4 is 5.73 Å². The Morgan fingerprint density at radius 2 is 1.97 bits per heavy atom. The van der Waals surface area contributed by atoms with Crippen molar-refractivity contribution < 1.29 is 14.0 Å². The van der Waals surface area contributed by atoms with Gasteiger partial charge in [0.15, 0.2) is 11.8 Å². The number of halogens is 1. The topological polar surface area (TPSA) is 93.6 Å². The van der Waals surface area contributed by atoms with Crippen LogP contribution in [0.2, 0.25) is 0 Å². The number of nitrogens with zero attached hydrogens (tertiary/aromatic N) is 4. The number of Topliss-reactive ketones (excluding diaryl/α,β-unsaturated/α-hetero) is 1. The van der Waals surface area contributed by atoms with Gasteiger partial charge in [-0.3, -0.25) is 14.5 Å². The number of hydrogen-bond acceptors (Lipinski definition) is 5. The van der Waals surface area contributed by atoms with E-state index in [0.717, 1.165) is 6.42 Å². The first-order chi connectivity index (χ1) is 15.8. The first-order valence-corrected chi connectivity index (χ1v) is 10.9. The number of nitrogens with two attached hydrogens (primary N) is 1. The number of aromatic nitrogens is 2. The van der Waals surface area contributed by atoms with Crippen LogP contribution in [-0.4, -0.2) is 39.0 Å². The van der Waals surface area contributed by atoms with Gasteiger partial charge in [0.1, 0.15) is 5.84 Å². The highest BCUT2D eigenvalue weighted by atomic mass is 19.1. The standard InChI is InChI=1S/C25H26FN5O2/c1-4-11-31-14-16(13-20(31)21(32)5-2)22-25(33)30(3)24(29-22)18-12-15(8-9-19(18)27)17-7-6-10-28-23(17)26/h6-10,12-14,22H,4-5,11,27H2,1-3H3. The number of rotatable bonds is 7. The summed E-state index contributed by atoms with van der Waals surface area (Å²) in [5.74, 6) is -0.380. The van der Waals surface area contributed by atoms with Gasteiger partial charge in [0, 0.05) is 54.8 Å². The SMILES string of the molecule is CCCn1cc(C2N=C(c3cc(-c4cccnc4F)ccc3N)N(C)C2=O)cc1C(=O)CC. The van der Waals surface area contributed by atoms with Crippen LogP contribution in [0.4, 0.5) is 10.1 Å². The van der Waals surface area contributed by atoms with E-state index in [0.29, 0.717) is 52.4 Å². The van der Waals surface area contributed by atoms with Crippen LogP contribution in [0.3, 0.4) is 0 Å². The number of aliphatic imine (C=N–C) groups is 1. The van der Waals surface area contributed by atoms with Crippen molar-refractivity contribution in [3.05, 3.63) is 71.6 Å². The Morgan fingerprint density at radius 3 is 2.67 bits per heavy atom. The van der Waals surface area contributed by atoms with Crippen LogP contribution in [0.25, 0.3) is 11.1 Å². The summed E-state index contributed by atoms with van der Waals surface area (Å²) in [4.78, 5) is 35.4. The number of carbonyl (C=O) groups is 2.